The lowest BCUT2D eigenvalue weighted by Crippen LogP contribution is -2.48. The molecule has 0 aliphatic carbocycles. The van der Waals surface area contributed by atoms with E-state index in [1.54, 1.807) is 66.0 Å². The predicted octanol–water partition coefficient (Wildman–Crippen LogP) is 5.48. The van der Waals surface area contributed by atoms with Crippen LogP contribution in [0, 0.1) is 0 Å². The van der Waals surface area contributed by atoms with Gasteiger partial charge >= 0.3 is 6.09 Å². The molecule has 1 aromatic carbocycles. The summed E-state index contributed by atoms with van der Waals surface area (Å²) in [4.78, 5) is 22.8. The fraction of sp³-hybridized carbons (Fsp3) is 0.542. The summed E-state index contributed by atoms with van der Waals surface area (Å²) in [7, 11) is 1.68. The Bertz CT molecular complexity index is 857. The van der Waals surface area contributed by atoms with Crippen molar-refractivity contribution in [2.24, 2.45) is 0 Å². The van der Waals surface area contributed by atoms with Crippen LogP contribution in [0.3, 0.4) is 0 Å². The van der Waals surface area contributed by atoms with Crippen molar-refractivity contribution >= 4 is 12.4 Å². The van der Waals surface area contributed by atoms with Gasteiger partial charge in [-0.3, -0.25) is 14.5 Å². The first-order chi connectivity index (χ1) is 15.4. The average Bonchev–Trinajstić information content (AvgIpc) is 3.21. The van der Waals surface area contributed by atoms with Crippen LogP contribution in [0.4, 0.5) is 9.18 Å². The molecule has 33 heavy (non-hydrogen) atoms. The predicted molar refractivity (Wildman–Crippen MR) is 123 cm³/mol. The lowest BCUT2D eigenvalue weighted by molar-refractivity contribution is -0.0979. The molecule has 8 nitrogen and oxygen atoms in total. The van der Waals surface area contributed by atoms with Crippen LogP contribution < -0.4 is 5.32 Å². The number of ether oxygens (including phenoxy) is 3. The lowest BCUT2D eigenvalue weighted by Gasteiger charge is -2.32. The normalized spacial score (nSPS) is 12.4. The van der Waals surface area contributed by atoms with E-state index in [0.717, 1.165) is 17.7 Å². The second-order valence-electron chi connectivity index (χ2n) is 8.65. The Kier molecular flexibility index (Phi) is 11.2. The Hall–Kier alpha value is -2.78. The van der Waals surface area contributed by atoms with Crippen molar-refractivity contribution in [1.82, 2.24) is 10.5 Å². The van der Waals surface area contributed by atoms with E-state index in [1.807, 2.05) is 6.92 Å². The highest BCUT2D eigenvalue weighted by atomic mass is 19.1. The number of nitrogens with one attached hydrogen (secondary N) is 1. The summed E-state index contributed by atoms with van der Waals surface area (Å²) in [5, 5.41) is 6.29. The van der Waals surface area contributed by atoms with Gasteiger partial charge in [0.05, 0.1) is 12.8 Å². The number of benzene rings is 1. The topological polar surface area (TPSA) is 99.9 Å². The molecule has 1 heterocycles. The lowest BCUT2D eigenvalue weighted by atomic mass is 10.0. The molecule has 0 saturated heterocycles. The van der Waals surface area contributed by atoms with Gasteiger partial charge in [0.15, 0.2) is 12.0 Å². The Morgan fingerprint density at radius 2 is 1.82 bits per heavy atom. The average molecular weight is 467 g/mol. The van der Waals surface area contributed by atoms with Crippen LogP contribution in [0.5, 0.6) is 0 Å². The van der Waals surface area contributed by atoms with Gasteiger partial charge in [0, 0.05) is 31.8 Å². The highest BCUT2D eigenvalue weighted by molar-refractivity contribution is 5.74. The van der Waals surface area contributed by atoms with Gasteiger partial charge in [0.1, 0.15) is 17.0 Å². The van der Waals surface area contributed by atoms with E-state index in [9.17, 15) is 14.0 Å². The maximum atomic E-state index is 13.1. The molecule has 184 valence electrons. The molecule has 2 rings (SSSR count). The Morgan fingerprint density at radius 1 is 1.21 bits per heavy atom. The van der Waals surface area contributed by atoms with Crippen molar-refractivity contribution in [3.8, 4) is 11.3 Å². The molecule has 0 fully saturated rings. The number of rotatable bonds is 9. The molecule has 0 radical (unpaired) electrons. The molecular formula is C24H35FN2O6. The summed E-state index contributed by atoms with van der Waals surface area (Å²) >= 11 is 0. The number of alkyl halides is 1. The van der Waals surface area contributed by atoms with E-state index in [0.29, 0.717) is 12.0 Å². The molecule has 0 saturated carbocycles. The standard InChI is InChI=1S/C21H27FN2O5.C3H8O/c1-20(2,3)28-19(26)23-21(4,5)27-17(10-11-22)14-6-8-15(9-7-14)18-12-16(13-25)24-29-18;1-3-4-2/h6-9,12-13,17H,10-11H2,1-5H3,(H,23,26);3H2,1-2H3. The van der Waals surface area contributed by atoms with Gasteiger partial charge in [-0.05, 0) is 47.1 Å². The third-order valence-corrected chi connectivity index (χ3v) is 4.11. The van der Waals surface area contributed by atoms with Gasteiger partial charge in [-0.1, -0.05) is 29.4 Å². The largest absolute Gasteiger partial charge is 0.444 e. The zero-order valence-electron chi connectivity index (χ0n) is 20.4. The number of halogens is 1. The Labute approximate surface area is 194 Å². The highest BCUT2D eigenvalue weighted by Crippen LogP contribution is 2.29. The summed E-state index contributed by atoms with van der Waals surface area (Å²) < 4.78 is 34.0. The first kappa shape index (κ1) is 28.3. The first-order valence-electron chi connectivity index (χ1n) is 10.7. The fourth-order valence-corrected chi connectivity index (χ4v) is 2.67. The number of carbonyl (C=O) groups excluding carboxylic acids is 2. The van der Waals surface area contributed by atoms with Gasteiger partial charge in [0.25, 0.3) is 0 Å². The van der Waals surface area contributed by atoms with Crippen molar-refractivity contribution in [3.63, 3.8) is 0 Å². The van der Waals surface area contributed by atoms with Crippen LogP contribution in [0.15, 0.2) is 34.9 Å². The van der Waals surface area contributed by atoms with E-state index in [2.05, 4.69) is 15.2 Å². The molecule has 0 aliphatic rings. The first-order valence-corrected chi connectivity index (χ1v) is 10.7. The summed E-state index contributed by atoms with van der Waals surface area (Å²) in [6, 6.07) is 8.64. The maximum absolute atomic E-state index is 13.1. The third kappa shape index (κ3) is 10.6. The van der Waals surface area contributed by atoms with E-state index >= 15 is 0 Å². The summed E-state index contributed by atoms with van der Waals surface area (Å²) in [6.45, 7) is 10.8. The minimum Gasteiger partial charge on any atom is -0.444 e. The van der Waals surface area contributed by atoms with Gasteiger partial charge in [-0.2, -0.15) is 0 Å². The number of alkyl carbamates (subject to hydrolysis) is 1. The quantitative estimate of drug-likeness (QED) is 0.385. The van der Waals surface area contributed by atoms with Gasteiger partial charge in [-0.25, -0.2) is 4.79 Å². The zero-order valence-corrected chi connectivity index (χ0v) is 20.4. The van der Waals surface area contributed by atoms with Crippen LogP contribution in [-0.2, 0) is 14.2 Å². The van der Waals surface area contributed by atoms with Crippen molar-refractivity contribution in [2.75, 3.05) is 20.4 Å². The van der Waals surface area contributed by atoms with E-state index in [4.69, 9.17) is 14.0 Å². The number of amides is 1. The molecular weight excluding hydrogens is 431 g/mol. The van der Waals surface area contributed by atoms with E-state index < -0.39 is 30.2 Å². The van der Waals surface area contributed by atoms with Crippen LogP contribution in [0.2, 0.25) is 0 Å². The zero-order chi connectivity index (χ0) is 25.1. The van der Waals surface area contributed by atoms with Crippen molar-refractivity contribution in [1.29, 1.82) is 0 Å². The number of nitrogens with zero attached hydrogens (tertiary/aromatic N) is 1. The van der Waals surface area contributed by atoms with Crippen molar-refractivity contribution in [3.05, 3.63) is 41.6 Å². The second kappa shape index (κ2) is 13.1. The van der Waals surface area contributed by atoms with Crippen LogP contribution in [-0.4, -0.2) is 49.3 Å². The Morgan fingerprint density at radius 3 is 2.27 bits per heavy atom. The van der Waals surface area contributed by atoms with Crippen LogP contribution >= 0.6 is 0 Å². The molecule has 1 N–H and O–H groups in total. The molecule has 1 aromatic heterocycles. The van der Waals surface area contributed by atoms with Gasteiger partial charge in [0.2, 0.25) is 0 Å². The number of aldehydes is 1. The molecule has 9 heteroatoms. The molecule has 0 aliphatic heterocycles. The summed E-state index contributed by atoms with van der Waals surface area (Å²) in [5.74, 6) is 0.452. The SMILES string of the molecule is CC(C)(C)OC(=O)NC(C)(C)OC(CCF)c1ccc(-c2cc(C=O)no2)cc1.CCOC. The molecule has 1 unspecified atom stereocenters. The van der Waals surface area contributed by atoms with Crippen LogP contribution in [0.25, 0.3) is 11.3 Å². The molecule has 1 amide bonds. The van der Waals surface area contributed by atoms with Crippen molar-refractivity contribution in [2.45, 2.75) is 65.4 Å². The highest BCUT2D eigenvalue weighted by Gasteiger charge is 2.29. The minimum atomic E-state index is -1.08. The maximum Gasteiger partial charge on any atom is 0.409 e. The number of carbonyl (C=O) groups is 2. The molecule has 0 spiro atoms. The number of methoxy groups -OCH3 is 1. The molecule has 1 atom stereocenters. The number of aromatic nitrogens is 1. The summed E-state index contributed by atoms with van der Waals surface area (Å²) in [5.41, 5.74) is -0.0543. The van der Waals surface area contributed by atoms with Crippen LogP contribution in [0.1, 0.15) is 70.1 Å². The summed E-state index contributed by atoms with van der Waals surface area (Å²) in [6.07, 6.45) is -0.477. The van der Waals surface area contributed by atoms with Gasteiger partial charge in [-0.15, -0.1) is 0 Å². The minimum absolute atomic E-state index is 0.121. The second-order valence-corrected chi connectivity index (χ2v) is 8.65. The number of hydrogen-bond donors (Lipinski definition) is 1. The monoisotopic (exact) mass is 466 g/mol. The van der Waals surface area contributed by atoms with E-state index in [1.165, 1.54) is 6.07 Å². The smallest absolute Gasteiger partial charge is 0.409 e. The number of hydrogen-bond acceptors (Lipinski definition) is 7. The third-order valence-electron chi connectivity index (χ3n) is 4.11. The molecule has 0 bridgehead atoms. The fourth-order valence-electron chi connectivity index (χ4n) is 2.67. The van der Waals surface area contributed by atoms with Gasteiger partial charge < -0.3 is 18.7 Å². The van der Waals surface area contributed by atoms with E-state index in [-0.39, 0.29) is 12.1 Å². The molecule has 2 aromatic rings. The Balaban J connectivity index is 0.00000125. The van der Waals surface area contributed by atoms with Crippen molar-refractivity contribution < 1.29 is 32.7 Å².